The molecule has 0 spiro atoms. The van der Waals surface area contributed by atoms with Gasteiger partial charge in [-0.1, -0.05) is 55.3 Å². The van der Waals surface area contributed by atoms with Crippen LogP contribution in [0.2, 0.25) is 5.02 Å². The summed E-state index contributed by atoms with van der Waals surface area (Å²) in [5.41, 5.74) is 5.54. The Morgan fingerprint density at radius 2 is 2.00 bits per heavy atom. The second kappa shape index (κ2) is 6.54. The number of aryl methyl sites for hydroxylation is 1. The van der Waals surface area contributed by atoms with Crippen LogP contribution in [0.3, 0.4) is 0 Å². The molecule has 2 heterocycles. The molecular formula is C15H17ClN4S. The number of nitrogens with one attached hydrogen (secondary N) is 1. The van der Waals surface area contributed by atoms with Gasteiger partial charge in [0.05, 0.1) is 5.70 Å². The normalized spacial score (nSPS) is 13.5. The van der Waals surface area contributed by atoms with Crippen LogP contribution in [-0.2, 0) is 6.42 Å². The van der Waals surface area contributed by atoms with Crippen molar-refractivity contribution >= 4 is 29.1 Å². The van der Waals surface area contributed by atoms with Crippen LogP contribution in [0.25, 0.3) is 5.70 Å². The number of hydrogen-bond acceptors (Lipinski definition) is 4. The minimum atomic E-state index is 0.744. The number of benzene rings is 1. The summed E-state index contributed by atoms with van der Waals surface area (Å²) in [5, 5.41) is 12.2. The molecule has 3 rings (SSSR count). The summed E-state index contributed by atoms with van der Waals surface area (Å²) in [6.45, 7) is 2.20. The fourth-order valence-corrected chi connectivity index (χ4v) is 3.09. The van der Waals surface area contributed by atoms with Gasteiger partial charge in [-0.2, -0.15) is 0 Å². The maximum absolute atomic E-state index is 5.94. The highest BCUT2D eigenvalue weighted by atomic mass is 35.5. The third-order valence-corrected chi connectivity index (χ3v) is 4.45. The van der Waals surface area contributed by atoms with Crippen LogP contribution >= 0.6 is 23.4 Å². The first-order valence-electron chi connectivity index (χ1n) is 7.12. The molecule has 0 atom stereocenters. The molecule has 1 aromatic carbocycles. The van der Waals surface area contributed by atoms with E-state index in [1.807, 2.05) is 28.9 Å². The lowest BCUT2D eigenvalue weighted by atomic mass is 10.2. The molecular weight excluding hydrogens is 304 g/mol. The number of nitrogens with zero attached hydrogens (tertiary/aromatic N) is 3. The predicted octanol–water partition coefficient (Wildman–Crippen LogP) is 4.31. The third-order valence-electron chi connectivity index (χ3n) is 3.37. The predicted molar refractivity (Wildman–Crippen MR) is 87.9 cm³/mol. The molecule has 0 unspecified atom stereocenters. The maximum atomic E-state index is 5.94. The van der Waals surface area contributed by atoms with Crippen LogP contribution in [-0.4, -0.2) is 14.9 Å². The van der Waals surface area contributed by atoms with E-state index >= 15 is 0 Å². The number of unbranched alkanes of at least 4 members (excludes halogenated alkanes) is 2. The number of rotatable bonds is 5. The Bertz CT molecular complexity index is 648. The largest absolute Gasteiger partial charge is 0.290 e. The van der Waals surface area contributed by atoms with Crippen molar-refractivity contribution in [2.75, 3.05) is 5.43 Å². The average molecular weight is 321 g/mol. The molecule has 1 aromatic heterocycles. The second-order valence-electron chi connectivity index (χ2n) is 4.96. The Balaban J connectivity index is 1.77. The maximum Gasteiger partial charge on any atom is 0.214 e. The Hall–Kier alpha value is -1.46. The Kier molecular flexibility index (Phi) is 4.51. The molecule has 0 radical (unpaired) electrons. The van der Waals surface area contributed by atoms with Crippen molar-refractivity contribution in [1.82, 2.24) is 14.9 Å². The van der Waals surface area contributed by atoms with Crippen molar-refractivity contribution < 1.29 is 0 Å². The van der Waals surface area contributed by atoms with Gasteiger partial charge in [0, 0.05) is 22.4 Å². The first-order chi connectivity index (χ1) is 10.3. The zero-order chi connectivity index (χ0) is 14.7. The first-order valence-corrected chi connectivity index (χ1v) is 8.38. The molecule has 0 aliphatic carbocycles. The minimum absolute atomic E-state index is 0.744. The monoisotopic (exact) mass is 320 g/mol. The first kappa shape index (κ1) is 14.5. The van der Waals surface area contributed by atoms with E-state index in [4.69, 9.17) is 11.6 Å². The number of halogens is 1. The van der Waals surface area contributed by atoms with Crippen molar-refractivity contribution in [2.24, 2.45) is 0 Å². The van der Waals surface area contributed by atoms with E-state index in [1.54, 1.807) is 11.8 Å². The molecule has 110 valence electrons. The number of aromatic nitrogens is 3. The highest BCUT2D eigenvalue weighted by Gasteiger charge is 2.17. The lowest BCUT2D eigenvalue weighted by molar-refractivity contribution is 0.667. The second-order valence-corrected chi connectivity index (χ2v) is 6.23. The molecule has 0 fully saturated rings. The summed E-state index contributed by atoms with van der Waals surface area (Å²) in [4.78, 5) is 0. The summed E-state index contributed by atoms with van der Waals surface area (Å²) >= 11 is 7.53. The van der Waals surface area contributed by atoms with E-state index in [9.17, 15) is 0 Å². The van der Waals surface area contributed by atoms with E-state index in [1.165, 1.54) is 12.8 Å². The summed E-state index contributed by atoms with van der Waals surface area (Å²) in [6, 6.07) is 7.81. The number of hydrogen-bond donors (Lipinski definition) is 1. The van der Waals surface area contributed by atoms with Gasteiger partial charge in [0.25, 0.3) is 0 Å². The molecule has 1 aliphatic heterocycles. The topological polar surface area (TPSA) is 42.7 Å². The number of fused-ring (bicyclic) bond motifs is 1. The smallest absolute Gasteiger partial charge is 0.214 e. The molecule has 21 heavy (non-hydrogen) atoms. The van der Waals surface area contributed by atoms with Crippen molar-refractivity contribution in [3.8, 4) is 0 Å². The highest BCUT2D eigenvalue weighted by molar-refractivity contribution is 8.02. The summed E-state index contributed by atoms with van der Waals surface area (Å²) in [7, 11) is 0. The quantitative estimate of drug-likeness (QED) is 0.833. The molecule has 6 heteroatoms. The van der Waals surface area contributed by atoms with E-state index in [2.05, 4.69) is 28.0 Å². The molecule has 1 aliphatic rings. The molecule has 0 saturated heterocycles. The van der Waals surface area contributed by atoms with Gasteiger partial charge in [-0.25, -0.2) is 4.68 Å². The van der Waals surface area contributed by atoms with Crippen LogP contribution < -0.4 is 5.43 Å². The van der Waals surface area contributed by atoms with Crippen molar-refractivity contribution in [3.05, 3.63) is 46.1 Å². The van der Waals surface area contributed by atoms with E-state index in [0.29, 0.717) is 0 Å². The van der Waals surface area contributed by atoms with Crippen molar-refractivity contribution in [2.45, 2.75) is 37.8 Å². The summed E-state index contributed by atoms with van der Waals surface area (Å²) < 4.78 is 1.99. The van der Waals surface area contributed by atoms with Gasteiger partial charge in [0.15, 0.2) is 5.82 Å². The van der Waals surface area contributed by atoms with Gasteiger partial charge in [0.1, 0.15) is 0 Å². The van der Waals surface area contributed by atoms with Crippen molar-refractivity contribution in [1.29, 1.82) is 0 Å². The van der Waals surface area contributed by atoms with E-state index in [-0.39, 0.29) is 0 Å². The van der Waals surface area contributed by atoms with Crippen LogP contribution in [0.4, 0.5) is 0 Å². The molecule has 0 amide bonds. The Morgan fingerprint density at radius 1 is 1.19 bits per heavy atom. The highest BCUT2D eigenvalue weighted by Crippen LogP contribution is 2.29. The van der Waals surface area contributed by atoms with Crippen LogP contribution in [0, 0.1) is 0 Å². The third kappa shape index (κ3) is 3.24. The van der Waals surface area contributed by atoms with Gasteiger partial charge >= 0.3 is 0 Å². The van der Waals surface area contributed by atoms with E-state index < -0.39 is 0 Å². The van der Waals surface area contributed by atoms with Gasteiger partial charge in [-0.3, -0.25) is 5.43 Å². The average Bonchev–Trinajstić information content (AvgIpc) is 2.91. The summed E-state index contributed by atoms with van der Waals surface area (Å²) in [5.74, 6) is 0.991. The molecule has 0 saturated carbocycles. The number of thioether (sulfide) groups is 1. The molecule has 0 bridgehead atoms. The molecule has 1 N–H and O–H groups in total. The standard InChI is InChI=1S/C15H17ClN4S/c1-2-3-4-5-14-17-18-15-20(14)19-13(10-21-15)11-6-8-12(16)9-7-11/h6-10,19H,2-5H2,1H3. The van der Waals surface area contributed by atoms with Gasteiger partial charge in [0.2, 0.25) is 5.16 Å². The van der Waals surface area contributed by atoms with Crippen molar-refractivity contribution in [3.63, 3.8) is 0 Å². The fourth-order valence-electron chi connectivity index (χ4n) is 2.20. The Labute approximate surface area is 133 Å². The van der Waals surface area contributed by atoms with E-state index in [0.717, 1.165) is 40.1 Å². The zero-order valence-electron chi connectivity index (χ0n) is 11.8. The van der Waals surface area contributed by atoms with Crippen LogP contribution in [0.5, 0.6) is 0 Å². The lowest BCUT2D eigenvalue weighted by Gasteiger charge is -2.19. The molecule has 2 aromatic rings. The van der Waals surface area contributed by atoms with Crippen LogP contribution in [0.15, 0.2) is 34.8 Å². The minimum Gasteiger partial charge on any atom is -0.290 e. The fraction of sp³-hybridized carbons (Fsp3) is 0.333. The SMILES string of the molecule is CCCCCc1nnc2n1NC(c1ccc(Cl)cc1)=CS2. The molecule has 4 nitrogen and oxygen atoms in total. The van der Waals surface area contributed by atoms with Crippen LogP contribution in [0.1, 0.15) is 37.6 Å². The zero-order valence-corrected chi connectivity index (χ0v) is 13.4. The van der Waals surface area contributed by atoms with Gasteiger partial charge in [-0.05, 0) is 18.6 Å². The van der Waals surface area contributed by atoms with Gasteiger partial charge in [-0.15, -0.1) is 10.2 Å². The van der Waals surface area contributed by atoms with Gasteiger partial charge < -0.3 is 0 Å². The Morgan fingerprint density at radius 3 is 2.76 bits per heavy atom. The lowest BCUT2D eigenvalue weighted by Crippen LogP contribution is -2.19. The summed E-state index contributed by atoms with van der Waals surface area (Å²) in [6.07, 6.45) is 4.51.